The molecule has 0 bridgehead atoms. The standard InChI is InChI=1S/C19H17F3N2O3/c20-16-4-2-1-3-15(16)18(26)24-11-9-23(10-12-24)17(25)13-5-7-14(8-6-13)27-19(21)22/h1-8,19H,9-12H2. The van der Waals surface area contributed by atoms with E-state index in [0.29, 0.717) is 18.7 Å². The predicted octanol–water partition coefficient (Wildman–Crippen LogP) is 3.03. The molecular weight excluding hydrogens is 361 g/mol. The molecule has 5 nitrogen and oxygen atoms in total. The summed E-state index contributed by atoms with van der Waals surface area (Å²) in [4.78, 5) is 28.0. The number of hydrogen-bond acceptors (Lipinski definition) is 3. The third-order valence-corrected chi connectivity index (χ3v) is 4.28. The molecule has 2 amide bonds. The van der Waals surface area contributed by atoms with Crippen LogP contribution in [0.15, 0.2) is 48.5 Å². The largest absolute Gasteiger partial charge is 0.435 e. The Kier molecular flexibility index (Phi) is 5.63. The van der Waals surface area contributed by atoms with Crippen LogP contribution in [0.2, 0.25) is 0 Å². The second kappa shape index (κ2) is 8.11. The quantitative estimate of drug-likeness (QED) is 0.822. The Bertz CT molecular complexity index is 819. The van der Waals surface area contributed by atoms with Gasteiger partial charge < -0.3 is 14.5 Å². The van der Waals surface area contributed by atoms with E-state index in [9.17, 15) is 22.8 Å². The number of carbonyl (C=O) groups excluding carboxylic acids is 2. The summed E-state index contributed by atoms with van der Waals surface area (Å²) >= 11 is 0. The van der Waals surface area contributed by atoms with Gasteiger partial charge in [-0.05, 0) is 36.4 Å². The minimum Gasteiger partial charge on any atom is -0.435 e. The van der Waals surface area contributed by atoms with E-state index < -0.39 is 18.3 Å². The number of halogens is 3. The highest BCUT2D eigenvalue weighted by atomic mass is 19.3. The van der Waals surface area contributed by atoms with Gasteiger partial charge >= 0.3 is 6.61 Å². The minimum absolute atomic E-state index is 0.00638. The van der Waals surface area contributed by atoms with Crippen molar-refractivity contribution in [2.24, 2.45) is 0 Å². The Morgan fingerprint density at radius 3 is 1.96 bits per heavy atom. The number of hydrogen-bond donors (Lipinski definition) is 0. The van der Waals surface area contributed by atoms with Gasteiger partial charge in [-0.25, -0.2) is 4.39 Å². The lowest BCUT2D eigenvalue weighted by atomic mass is 10.1. The zero-order chi connectivity index (χ0) is 19.4. The maximum Gasteiger partial charge on any atom is 0.387 e. The Balaban J connectivity index is 1.59. The Morgan fingerprint density at radius 2 is 1.41 bits per heavy atom. The van der Waals surface area contributed by atoms with Gasteiger partial charge in [-0.2, -0.15) is 8.78 Å². The number of carbonyl (C=O) groups is 2. The Hall–Kier alpha value is -3.03. The Morgan fingerprint density at radius 1 is 0.852 bits per heavy atom. The molecule has 0 aliphatic carbocycles. The van der Waals surface area contributed by atoms with Crippen LogP contribution in [0.4, 0.5) is 13.2 Å². The van der Waals surface area contributed by atoms with Crippen molar-refractivity contribution in [2.45, 2.75) is 6.61 Å². The van der Waals surface area contributed by atoms with E-state index in [4.69, 9.17) is 0 Å². The van der Waals surface area contributed by atoms with Crippen molar-refractivity contribution in [3.63, 3.8) is 0 Å². The van der Waals surface area contributed by atoms with Crippen LogP contribution in [0.3, 0.4) is 0 Å². The van der Waals surface area contributed by atoms with Gasteiger partial charge in [-0.15, -0.1) is 0 Å². The lowest BCUT2D eigenvalue weighted by Crippen LogP contribution is -2.50. The molecule has 0 saturated carbocycles. The van der Waals surface area contributed by atoms with Crippen molar-refractivity contribution in [3.8, 4) is 5.75 Å². The topological polar surface area (TPSA) is 49.9 Å². The molecule has 1 saturated heterocycles. The molecule has 0 N–H and O–H groups in total. The average Bonchev–Trinajstić information content (AvgIpc) is 2.67. The number of amides is 2. The minimum atomic E-state index is -2.92. The second-order valence-corrected chi connectivity index (χ2v) is 5.97. The van der Waals surface area contributed by atoms with E-state index in [0.717, 1.165) is 0 Å². The molecule has 2 aromatic carbocycles. The number of alkyl halides is 2. The van der Waals surface area contributed by atoms with Gasteiger partial charge in [-0.1, -0.05) is 12.1 Å². The first-order valence-electron chi connectivity index (χ1n) is 8.33. The average molecular weight is 378 g/mol. The summed E-state index contributed by atoms with van der Waals surface area (Å²) in [5.41, 5.74) is 0.345. The molecule has 1 aliphatic heterocycles. The highest BCUT2D eigenvalue weighted by Crippen LogP contribution is 2.18. The molecule has 1 aliphatic rings. The lowest BCUT2D eigenvalue weighted by molar-refractivity contribution is -0.0498. The van der Waals surface area contributed by atoms with Gasteiger partial charge in [0.05, 0.1) is 5.56 Å². The molecule has 8 heteroatoms. The smallest absolute Gasteiger partial charge is 0.387 e. The van der Waals surface area contributed by atoms with Gasteiger partial charge in [0.25, 0.3) is 11.8 Å². The molecule has 0 radical (unpaired) electrons. The molecule has 27 heavy (non-hydrogen) atoms. The second-order valence-electron chi connectivity index (χ2n) is 5.97. The lowest BCUT2D eigenvalue weighted by Gasteiger charge is -2.35. The van der Waals surface area contributed by atoms with Gasteiger partial charge in [0.1, 0.15) is 11.6 Å². The molecule has 2 aromatic rings. The van der Waals surface area contributed by atoms with E-state index in [2.05, 4.69) is 4.74 Å². The zero-order valence-corrected chi connectivity index (χ0v) is 14.3. The Labute approximate surface area is 153 Å². The first-order chi connectivity index (χ1) is 13.0. The van der Waals surface area contributed by atoms with Gasteiger partial charge in [0.15, 0.2) is 0 Å². The fourth-order valence-corrected chi connectivity index (χ4v) is 2.88. The summed E-state index contributed by atoms with van der Waals surface area (Å²) in [7, 11) is 0. The van der Waals surface area contributed by atoms with Crippen molar-refractivity contribution in [3.05, 3.63) is 65.5 Å². The van der Waals surface area contributed by atoms with Gasteiger partial charge in [0, 0.05) is 31.7 Å². The number of nitrogens with zero attached hydrogens (tertiary/aromatic N) is 2. The number of piperazine rings is 1. The molecule has 0 unspecified atom stereocenters. The van der Waals surface area contributed by atoms with Gasteiger partial charge in [0.2, 0.25) is 0 Å². The molecule has 0 atom stereocenters. The summed E-state index contributed by atoms with van der Waals surface area (Å²) in [5.74, 6) is -1.28. The van der Waals surface area contributed by atoms with Crippen molar-refractivity contribution in [1.29, 1.82) is 0 Å². The van der Waals surface area contributed by atoms with Crippen LogP contribution in [0.1, 0.15) is 20.7 Å². The number of benzene rings is 2. The van der Waals surface area contributed by atoms with Crippen LogP contribution < -0.4 is 4.74 Å². The van der Waals surface area contributed by atoms with Crippen molar-refractivity contribution in [1.82, 2.24) is 9.80 Å². The van der Waals surface area contributed by atoms with Crippen molar-refractivity contribution >= 4 is 11.8 Å². The molecule has 1 heterocycles. The van der Waals surface area contributed by atoms with Crippen molar-refractivity contribution in [2.75, 3.05) is 26.2 Å². The SMILES string of the molecule is O=C(c1ccc(OC(F)F)cc1)N1CCN(C(=O)c2ccccc2F)CC1. The van der Waals surface area contributed by atoms with E-state index in [1.807, 2.05) is 0 Å². The third-order valence-electron chi connectivity index (χ3n) is 4.28. The van der Waals surface area contributed by atoms with Gasteiger partial charge in [-0.3, -0.25) is 9.59 Å². The summed E-state index contributed by atoms with van der Waals surface area (Å²) in [6.45, 7) is -1.76. The molecule has 3 rings (SSSR count). The fraction of sp³-hybridized carbons (Fsp3) is 0.263. The normalized spacial score (nSPS) is 14.4. The molecule has 0 aromatic heterocycles. The maximum absolute atomic E-state index is 13.8. The van der Waals surface area contributed by atoms with E-state index in [-0.39, 0.29) is 30.3 Å². The van der Waals surface area contributed by atoms with E-state index >= 15 is 0 Å². The summed E-state index contributed by atoms with van der Waals surface area (Å²) < 4.78 is 42.4. The number of rotatable bonds is 4. The fourth-order valence-electron chi connectivity index (χ4n) is 2.88. The van der Waals surface area contributed by atoms with E-state index in [1.165, 1.54) is 47.4 Å². The van der Waals surface area contributed by atoms with Crippen LogP contribution in [-0.2, 0) is 0 Å². The third kappa shape index (κ3) is 4.39. The molecule has 142 valence electrons. The maximum atomic E-state index is 13.8. The van der Waals surface area contributed by atoms with Crippen LogP contribution in [0.5, 0.6) is 5.75 Å². The van der Waals surface area contributed by atoms with Crippen molar-refractivity contribution < 1.29 is 27.5 Å². The monoisotopic (exact) mass is 378 g/mol. The summed E-state index contributed by atoms with van der Waals surface area (Å²) in [5, 5.41) is 0. The molecule has 0 spiro atoms. The highest BCUT2D eigenvalue weighted by molar-refractivity contribution is 5.96. The van der Waals surface area contributed by atoms with E-state index in [1.54, 1.807) is 11.0 Å². The summed E-state index contributed by atoms with van der Waals surface area (Å²) in [6.07, 6.45) is 0. The van der Waals surface area contributed by atoms with Crippen LogP contribution in [-0.4, -0.2) is 54.4 Å². The molecule has 1 fully saturated rings. The summed E-state index contributed by atoms with van der Waals surface area (Å²) in [6, 6.07) is 11.2. The zero-order valence-electron chi connectivity index (χ0n) is 14.3. The predicted molar refractivity (Wildman–Crippen MR) is 91.3 cm³/mol. The van der Waals surface area contributed by atoms with Crippen LogP contribution in [0.25, 0.3) is 0 Å². The molecular formula is C19H17F3N2O3. The number of ether oxygens (including phenoxy) is 1. The van der Waals surface area contributed by atoms with Crippen LogP contribution in [0, 0.1) is 5.82 Å². The highest BCUT2D eigenvalue weighted by Gasteiger charge is 2.26. The first-order valence-corrected chi connectivity index (χ1v) is 8.33. The van der Waals surface area contributed by atoms with Crippen LogP contribution >= 0.6 is 0 Å². The first kappa shape index (κ1) is 18.8.